The Bertz CT molecular complexity index is 2050. The van der Waals surface area contributed by atoms with Crippen LogP contribution < -0.4 is 0 Å². The molecule has 29 atom stereocenters. The standard InChI is InChI=1S/C52H84O22/c1-22-31-24-8-9-29-47(3)12-11-30(72-44-40(64)41(26(55)19-68-44)73-43-37(61)33(57)25(54)18-67-43)48(4,21-53)28(47)10-13-50(29,6)49(24,5)14-16-52(31,17-15-51(22,7)66)46(65)74-45-39(63)36(60)34(58)27(71-45)20-69-42-38(62)35(59)32(56)23(2)70-42/h8,22-23,25-45,53-64,66H,9-21H2,1-7H3. The fraction of sp³-hybridized carbons (Fsp3) is 0.942. The summed E-state index contributed by atoms with van der Waals surface area (Å²) >= 11 is 0. The average molecular weight is 1060 g/mol. The lowest BCUT2D eigenvalue weighted by atomic mass is 9.33. The van der Waals surface area contributed by atoms with Crippen LogP contribution in [0, 0.1) is 50.7 Å². The normalized spacial score (nSPS) is 56.7. The molecule has 5 aliphatic carbocycles. The fourth-order valence-electron chi connectivity index (χ4n) is 16.0. The molecule has 0 aromatic heterocycles. The summed E-state index contributed by atoms with van der Waals surface area (Å²) in [6.45, 7) is 12.8. The Hall–Kier alpha value is -1.59. The average Bonchev–Trinajstić information content (AvgIpc) is 3.36. The molecule has 9 rings (SSSR count). The molecular formula is C52H84O22. The van der Waals surface area contributed by atoms with E-state index in [-0.39, 0.29) is 55.3 Å². The SMILES string of the molecule is CC1OC(OCC2OC(OC(=O)C34CCC(C)(O)C(C)C3C3=CCC5C6(C)CCC(OC7OCC(O)C(OC8OCC(O)C(O)C8O)C7O)C(C)(CO)C6CCC5(C)C3(C)CC4)C(O)C(O)C2O)C(O)C(O)C1O. The second kappa shape index (κ2) is 20.5. The molecule has 0 spiro atoms. The summed E-state index contributed by atoms with van der Waals surface area (Å²) in [4.78, 5) is 15.1. The maximum Gasteiger partial charge on any atom is 0.315 e. The minimum absolute atomic E-state index is 0.0622. The Labute approximate surface area is 431 Å². The molecule has 13 N–H and O–H groups in total. The number of carbonyl (C=O) groups is 1. The summed E-state index contributed by atoms with van der Waals surface area (Å²) in [5, 5.41) is 141. The summed E-state index contributed by atoms with van der Waals surface area (Å²) in [5.41, 5.74) is -3.24. The van der Waals surface area contributed by atoms with E-state index >= 15 is 4.79 Å². The highest BCUT2D eigenvalue weighted by molar-refractivity contribution is 5.79. The van der Waals surface area contributed by atoms with Crippen molar-refractivity contribution in [3.05, 3.63) is 11.6 Å². The first-order chi connectivity index (χ1) is 34.6. The largest absolute Gasteiger partial charge is 0.432 e. The summed E-state index contributed by atoms with van der Waals surface area (Å²) in [5.74, 6) is -1.57. The minimum Gasteiger partial charge on any atom is -0.432 e. The molecule has 4 aliphatic heterocycles. The third-order valence-corrected chi connectivity index (χ3v) is 21.2. The predicted molar refractivity (Wildman–Crippen MR) is 252 cm³/mol. The third kappa shape index (κ3) is 8.98. The Morgan fingerprint density at radius 1 is 0.649 bits per heavy atom. The van der Waals surface area contributed by atoms with Gasteiger partial charge in [0.15, 0.2) is 18.9 Å². The van der Waals surface area contributed by atoms with Crippen LogP contribution in [0.1, 0.15) is 106 Å². The zero-order valence-electron chi connectivity index (χ0n) is 43.5. The molecule has 0 aromatic carbocycles. The van der Waals surface area contributed by atoms with Gasteiger partial charge in [-0.2, -0.15) is 0 Å². The number of hydrogen-bond donors (Lipinski definition) is 13. The summed E-state index contributed by atoms with van der Waals surface area (Å²) < 4.78 is 46.9. The van der Waals surface area contributed by atoms with Gasteiger partial charge in [0.05, 0.1) is 49.7 Å². The molecule has 0 radical (unpaired) electrons. The molecule has 0 amide bonds. The third-order valence-electron chi connectivity index (χ3n) is 21.2. The Morgan fingerprint density at radius 2 is 1.27 bits per heavy atom. The van der Waals surface area contributed by atoms with Gasteiger partial charge >= 0.3 is 5.97 Å². The molecule has 0 bridgehead atoms. The van der Waals surface area contributed by atoms with Gasteiger partial charge in [0, 0.05) is 11.3 Å². The second-order valence-corrected chi connectivity index (χ2v) is 24.9. The van der Waals surface area contributed by atoms with E-state index in [9.17, 15) is 66.4 Å². The monoisotopic (exact) mass is 1060 g/mol. The van der Waals surface area contributed by atoms with Crippen LogP contribution in [0.25, 0.3) is 0 Å². The molecule has 29 unspecified atom stereocenters. The van der Waals surface area contributed by atoms with Crippen LogP contribution in [-0.4, -0.2) is 221 Å². The van der Waals surface area contributed by atoms with E-state index in [4.69, 9.17) is 37.9 Å². The molecule has 8 fully saturated rings. The highest BCUT2D eigenvalue weighted by Crippen LogP contribution is 2.76. The predicted octanol–water partition coefficient (Wildman–Crippen LogP) is -1.79. The van der Waals surface area contributed by atoms with E-state index in [0.29, 0.717) is 38.5 Å². The highest BCUT2D eigenvalue weighted by Gasteiger charge is 2.71. The Balaban J connectivity index is 0.932. The van der Waals surface area contributed by atoms with Crippen molar-refractivity contribution >= 4 is 5.97 Å². The summed E-state index contributed by atoms with van der Waals surface area (Å²) in [7, 11) is 0. The molecule has 0 aromatic rings. The van der Waals surface area contributed by atoms with Gasteiger partial charge in [0.1, 0.15) is 79.4 Å². The molecule has 22 nitrogen and oxygen atoms in total. The number of hydrogen-bond acceptors (Lipinski definition) is 22. The van der Waals surface area contributed by atoms with Crippen molar-refractivity contribution in [1.29, 1.82) is 0 Å². The maximum atomic E-state index is 15.1. The highest BCUT2D eigenvalue weighted by atomic mass is 16.7. The number of rotatable bonds is 10. The van der Waals surface area contributed by atoms with E-state index in [1.807, 2.05) is 13.8 Å². The second-order valence-electron chi connectivity index (χ2n) is 24.9. The number of ether oxygens (including phenoxy) is 8. The first kappa shape index (κ1) is 57.1. The lowest BCUT2D eigenvalue weighted by Crippen LogP contribution is -2.68. The maximum absolute atomic E-state index is 15.1. The topological polar surface area (TPSA) is 354 Å². The Kier molecular flexibility index (Phi) is 15.8. The molecule has 424 valence electrons. The van der Waals surface area contributed by atoms with Crippen LogP contribution in [0.5, 0.6) is 0 Å². The van der Waals surface area contributed by atoms with Gasteiger partial charge in [0.25, 0.3) is 0 Å². The first-order valence-electron chi connectivity index (χ1n) is 26.8. The van der Waals surface area contributed by atoms with Crippen molar-refractivity contribution < 1.29 is 109 Å². The first-order valence-corrected chi connectivity index (χ1v) is 26.8. The molecule has 9 aliphatic rings. The van der Waals surface area contributed by atoms with Crippen molar-refractivity contribution in [2.45, 2.75) is 229 Å². The van der Waals surface area contributed by atoms with E-state index < -0.39 is 163 Å². The number of carbonyl (C=O) groups excluding carboxylic acids is 1. The van der Waals surface area contributed by atoms with Gasteiger partial charge in [-0.25, -0.2) is 0 Å². The smallest absolute Gasteiger partial charge is 0.315 e. The van der Waals surface area contributed by atoms with Crippen molar-refractivity contribution in [2.24, 2.45) is 50.7 Å². The quantitative estimate of drug-likeness (QED) is 0.0653. The number of allylic oxidation sites excluding steroid dienone is 2. The molecule has 4 saturated heterocycles. The van der Waals surface area contributed by atoms with Crippen LogP contribution >= 0.6 is 0 Å². The van der Waals surface area contributed by atoms with Gasteiger partial charge < -0.3 is 104 Å². The van der Waals surface area contributed by atoms with Crippen LogP contribution in [-0.2, 0) is 42.7 Å². The van der Waals surface area contributed by atoms with Gasteiger partial charge in [-0.1, -0.05) is 46.3 Å². The number of fused-ring (bicyclic) bond motifs is 7. The Morgan fingerprint density at radius 3 is 1.96 bits per heavy atom. The zero-order chi connectivity index (χ0) is 54.0. The van der Waals surface area contributed by atoms with Crippen molar-refractivity contribution in [1.82, 2.24) is 0 Å². The van der Waals surface area contributed by atoms with Gasteiger partial charge in [-0.05, 0) is 106 Å². The van der Waals surface area contributed by atoms with Gasteiger partial charge in [-0.15, -0.1) is 0 Å². The number of aliphatic hydroxyl groups is 13. The van der Waals surface area contributed by atoms with E-state index in [1.54, 1.807) is 6.92 Å². The van der Waals surface area contributed by atoms with Gasteiger partial charge in [0.2, 0.25) is 6.29 Å². The molecular weight excluding hydrogens is 977 g/mol. The van der Waals surface area contributed by atoms with Crippen molar-refractivity contribution in [2.75, 3.05) is 26.4 Å². The van der Waals surface area contributed by atoms with Crippen molar-refractivity contribution in [3.8, 4) is 0 Å². The fourth-order valence-corrected chi connectivity index (χ4v) is 16.0. The van der Waals surface area contributed by atoms with Crippen molar-refractivity contribution in [3.63, 3.8) is 0 Å². The minimum atomic E-state index is -1.86. The van der Waals surface area contributed by atoms with E-state index in [2.05, 4.69) is 26.8 Å². The number of aliphatic hydroxyl groups excluding tert-OH is 12. The molecule has 74 heavy (non-hydrogen) atoms. The summed E-state index contributed by atoms with van der Waals surface area (Å²) in [6.07, 6.45) is -20.6. The summed E-state index contributed by atoms with van der Waals surface area (Å²) in [6, 6.07) is 0. The van der Waals surface area contributed by atoms with Crippen LogP contribution in [0.4, 0.5) is 0 Å². The van der Waals surface area contributed by atoms with Crippen LogP contribution in [0.15, 0.2) is 11.6 Å². The molecule has 22 heteroatoms. The lowest BCUT2D eigenvalue weighted by Gasteiger charge is -2.72. The molecule has 4 saturated carbocycles. The van der Waals surface area contributed by atoms with E-state index in [1.165, 1.54) is 6.92 Å². The molecule has 4 heterocycles. The number of esters is 1. The van der Waals surface area contributed by atoms with Crippen LogP contribution in [0.3, 0.4) is 0 Å². The van der Waals surface area contributed by atoms with E-state index in [0.717, 1.165) is 12.0 Å². The zero-order valence-corrected chi connectivity index (χ0v) is 43.5. The lowest BCUT2D eigenvalue weighted by molar-refractivity contribution is -0.348. The van der Waals surface area contributed by atoms with Crippen LogP contribution in [0.2, 0.25) is 0 Å². The van der Waals surface area contributed by atoms with Gasteiger partial charge in [-0.3, -0.25) is 4.79 Å².